The third-order valence-corrected chi connectivity index (χ3v) is 5.52. The lowest BCUT2D eigenvalue weighted by Crippen LogP contribution is -2.53. The van der Waals surface area contributed by atoms with E-state index in [-0.39, 0.29) is 11.9 Å². The van der Waals surface area contributed by atoms with Gasteiger partial charge in [-0.3, -0.25) is 14.6 Å². The maximum Gasteiger partial charge on any atom is 0.239 e. The fraction of sp³-hybridized carbons (Fsp3) is 0.435. The van der Waals surface area contributed by atoms with Crippen molar-refractivity contribution in [1.82, 2.24) is 14.7 Å². The van der Waals surface area contributed by atoms with E-state index in [0.29, 0.717) is 0 Å². The molecule has 28 heavy (non-hydrogen) atoms. The number of amides is 1. The maximum atomic E-state index is 13.0. The van der Waals surface area contributed by atoms with Gasteiger partial charge < -0.3 is 9.64 Å². The Balaban J connectivity index is 1.49. The highest BCUT2D eigenvalue weighted by atomic mass is 16.5. The second-order valence-corrected chi connectivity index (χ2v) is 7.53. The highest BCUT2D eigenvalue weighted by Gasteiger charge is 2.27. The van der Waals surface area contributed by atoms with Crippen LogP contribution in [0.5, 0.6) is 5.75 Å². The molecule has 3 rings (SSSR count). The van der Waals surface area contributed by atoms with Crippen LogP contribution < -0.4 is 4.74 Å². The molecule has 0 unspecified atom stereocenters. The van der Waals surface area contributed by atoms with Gasteiger partial charge in [-0.25, -0.2) is 0 Å². The van der Waals surface area contributed by atoms with E-state index >= 15 is 0 Å². The zero-order valence-electron chi connectivity index (χ0n) is 17.2. The molecule has 1 fully saturated rings. The number of nitrogens with zero attached hydrogens (tertiary/aromatic N) is 3. The molecule has 1 atom stereocenters. The second-order valence-electron chi connectivity index (χ2n) is 7.53. The molecule has 0 bridgehead atoms. The Labute approximate surface area is 168 Å². The summed E-state index contributed by atoms with van der Waals surface area (Å²) in [6, 6.07) is 18.4. The number of carbonyl (C=O) groups is 1. The summed E-state index contributed by atoms with van der Waals surface area (Å²) in [7, 11) is 3.68. The number of benzene rings is 2. The summed E-state index contributed by atoms with van der Waals surface area (Å²) in [5, 5.41) is 0. The Bertz CT molecular complexity index is 757. The summed E-state index contributed by atoms with van der Waals surface area (Å²) in [6.45, 7) is 7.11. The minimum absolute atomic E-state index is 0.146. The molecule has 5 heteroatoms. The van der Waals surface area contributed by atoms with Crippen LogP contribution in [0.4, 0.5) is 0 Å². The fourth-order valence-electron chi connectivity index (χ4n) is 3.62. The first kappa shape index (κ1) is 20.4. The van der Waals surface area contributed by atoms with Gasteiger partial charge in [0.25, 0.3) is 0 Å². The van der Waals surface area contributed by atoms with Crippen molar-refractivity contribution in [2.45, 2.75) is 26.1 Å². The van der Waals surface area contributed by atoms with Crippen molar-refractivity contribution in [2.75, 3.05) is 40.3 Å². The van der Waals surface area contributed by atoms with Gasteiger partial charge in [0, 0.05) is 39.3 Å². The summed E-state index contributed by atoms with van der Waals surface area (Å²) in [4.78, 5) is 19.5. The first-order valence-electron chi connectivity index (χ1n) is 9.95. The first-order chi connectivity index (χ1) is 13.6. The van der Waals surface area contributed by atoms with Crippen molar-refractivity contribution < 1.29 is 9.53 Å². The Morgan fingerprint density at radius 2 is 1.71 bits per heavy atom. The summed E-state index contributed by atoms with van der Waals surface area (Å²) >= 11 is 0. The Morgan fingerprint density at radius 1 is 1.04 bits per heavy atom. The van der Waals surface area contributed by atoms with Crippen molar-refractivity contribution in [3.8, 4) is 5.75 Å². The standard InChI is InChI=1S/C23H31N3O2/c1-19(24(2)17-21-10-7-11-22(16-21)28-3)23(27)26-14-12-25(13-15-26)18-20-8-5-4-6-9-20/h4-11,16,19H,12-15,17-18H2,1-3H3/t19-/m0/s1. The molecule has 0 aliphatic carbocycles. The number of ether oxygens (including phenoxy) is 1. The summed E-state index contributed by atoms with van der Waals surface area (Å²) in [5.41, 5.74) is 2.47. The van der Waals surface area contributed by atoms with Gasteiger partial charge in [0.05, 0.1) is 13.2 Å². The Kier molecular flexibility index (Phi) is 7.06. The molecule has 0 spiro atoms. The average Bonchev–Trinajstić information content (AvgIpc) is 2.74. The zero-order valence-corrected chi connectivity index (χ0v) is 17.2. The molecule has 0 N–H and O–H groups in total. The number of methoxy groups -OCH3 is 1. The van der Waals surface area contributed by atoms with Crippen molar-refractivity contribution in [3.63, 3.8) is 0 Å². The van der Waals surface area contributed by atoms with E-state index < -0.39 is 0 Å². The predicted molar refractivity (Wildman–Crippen MR) is 112 cm³/mol. The molecule has 2 aromatic rings. The molecule has 1 amide bonds. The van der Waals surface area contributed by atoms with Gasteiger partial charge in [0.2, 0.25) is 5.91 Å². The summed E-state index contributed by atoms with van der Waals surface area (Å²) in [5.74, 6) is 1.06. The van der Waals surface area contributed by atoms with Crippen LogP contribution >= 0.6 is 0 Å². The molecule has 2 aromatic carbocycles. The zero-order chi connectivity index (χ0) is 19.9. The number of hydrogen-bond donors (Lipinski definition) is 0. The van der Waals surface area contributed by atoms with Crippen molar-refractivity contribution in [1.29, 1.82) is 0 Å². The SMILES string of the molecule is COc1cccc(CN(C)[C@@H](C)C(=O)N2CCN(Cc3ccccc3)CC2)c1. The van der Waals surface area contributed by atoms with Crippen LogP contribution in [0, 0.1) is 0 Å². The van der Waals surface area contributed by atoms with Gasteiger partial charge >= 0.3 is 0 Å². The largest absolute Gasteiger partial charge is 0.497 e. The van der Waals surface area contributed by atoms with Crippen molar-refractivity contribution in [2.24, 2.45) is 0 Å². The first-order valence-corrected chi connectivity index (χ1v) is 9.95. The lowest BCUT2D eigenvalue weighted by atomic mass is 10.1. The molecule has 5 nitrogen and oxygen atoms in total. The highest BCUT2D eigenvalue weighted by Crippen LogP contribution is 2.16. The van der Waals surface area contributed by atoms with E-state index in [1.807, 2.05) is 43.1 Å². The number of likely N-dealkylation sites (N-methyl/N-ethyl adjacent to an activating group) is 1. The van der Waals surface area contributed by atoms with Gasteiger partial charge in [-0.1, -0.05) is 42.5 Å². The van der Waals surface area contributed by atoms with E-state index in [2.05, 4.69) is 40.1 Å². The third kappa shape index (κ3) is 5.33. The number of carbonyl (C=O) groups excluding carboxylic acids is 1. The quantitative estimate of drug-likeness (QED) is 0.739. The van der Waals surface area contributed by atoms with Crippen LogP contribution in [0.1, 0.15) is 18.1 Å². The van der Waals surface area contributed by atoms with Gasteiger partial charge in [0.15, 0.2) is 0 Å². The molecular weight excluding hydrogens is 350 g/mol. The van der Waals surface area contributed by atoms with Crippen LogP contribution in [-0.2, 0) is 17.9 Å². The predicted octanol–water partition coefficient (Wildman–Crippen LogP) is 2.86. The molecule has 1 heterocycles. The smallest absolute Gasteiger partial charge is 0.239 e. The molecule has 0 radical (unpaired) electrons. The minimum atomic E-state index is -0.146. The Morgan fingerprint density at radius 3 is 2.39 bits per heavy atom. The van der Waals surface area contributed by atoms with Crippen molar-refractivity contribution >= 4 is 5.91 Å². The van der Waals surface area contributed by atoms with E-state index in [4.69, 9.17) is 4.74 Å². The molecule has 0 saturated carbocycles. The number of rotatable bonds is 7. The number of piperazine rings is 1. The van der Waals surface area contributed by atoms with Crippen LogP contribution in [0.25, 0.3) is 0 Å². The van der Waals surface area contributed by atoms with E-state index in [9.17, 15) is 4.79 Å². The van der Waals surface area contributed by atoms with Crippen LogP contribution in [0.3, 0.4) is 0 Å². The molecule has 150 valence electrons. The fourth-order valence-corrected chi connectivity index (χ4v) is 3.62. The maximum absolute atomic E-state index is 13.0. The molecule has 1 saturated heterocycles. The van der Waals surface area contributed by atoms with E-state index in [1.54, 1.807) is 7.11 Å². The second kappa shape index (κ2) is 9.71. The normalized spacial score (nSPS) is 16.2. The summed E-state index contributed by atoms with van der Waals surface area (Å²) < 4.78 is 5.29. The van der Waals surface area contributed by atoms with Gasteiger partial charge in [0.1, 0.15) is 5.75 Å². The average molecular weight is 382 g/mol. The third-order valence-electron chi connectivity index (χ3n) is 5.52. The molecular formula is C23H31N3O2. The molecule has 1 aliphatic heterocycles. The van der Waals surface area contributed by atoms with Crippen LogP contribution in [0.2, 0.25) is 0 Å². The topological polar surface area (TPSA) is 36.0 Å². The Hall–Kier alpha value is -2.37. The van der Waals surface area contributed by atoms with Crippen molar-refractivity contribution in [3.05, 3.63) is 65.7 Å². The van der Waals surface area contributed by atoms with Gasteiger partial charge in [-0.15, -0.1) is 0 Å². The highest BCUT2D eigenvalue weighted by molar-refractivity contribution is 5.81. The lowest BCUT2D eigenvalue weighted by molar-refractivity contribution is -0.138. The number of hydrogen-bond acceptors (Lipinski definition) is 4. The van der Waals surface area contributed by atoms with Gasteiger partial charge in [-0.2, -0.15) is 0 Å². The molecule has 1 aliphatic rings. The van der Waals surface area contributed by atoms with E-state index in [1.165, 1.54) is 5.56 Å². The van der Waals surface area contributed by atoms with Crippen LogP contribution in [0.15, 0.2) is 54.6 Å². The van der Waals surface area contributed by atoms with Crippen LogP contribution in [-0.4, -0.2) is 67.0 Å². The van der Waals surface area contributed by atoms with Gasteiger partial charge in [-0.05, 0) is 37.2 Å². The summed E-state index contributed by atoms with van der Waals surface area (Å²) in [6.07, 6.45) is 0. The lowest BCUT2D eigenvalue weighted by Gasteiger charge is -2.37. The monoisotopic (exact) mass is 381 g/mol. The minimum Gasteiger partial charge on any atom is -0.497 e. The van der Waals surface area contributed by atoms with E-state index in [0.717, 1.165) is 50.6 Å². The molecule has 0 aromatic heterocycles.